The van der Waals surface area contributed by atoms with E-state index in [9.17, 15) is 4.79 Å². The summed E-state index contributed by atoms with van der Waals surface area (Å²) in [5.74, 6) is -0.0288. The Morgan fingerprint density at radius 2 is 2.00 bits per heavy atom. The lowest BCUT2D eigenvalue weighted by molar-refractivity contribution is -0.115. The van der Waals surface area contributed by atoms with Gasteiger partial charge in [-0.25, -0.2) is 0 Å². The number of benzene rings is 2. The van der Waals surface area contributed by atoms with Crippen molar-refractivity contribution >= 4 is 55.5 Å². The third-order valence-corrected chi connectivity index (χ3v) is 7.91. The van der Waals surface area contributed by atoms with Gasteiger partial charge in [-0.15, -0.1) is 0 Å². The molecule has 6 nitrogen and oxygen atoms in total. The SMILES string of the molecule is COCCN1CCC(NCCNC(=O)C2=C(c3cc4cc(Cl)ccc4[nH]3)Cc3cc(Br)ccc32)CC1. The molecular weight excluding hydrogens is 540 g/mol. The number of aromatic amines is 1. The van der Waals surface area contributed by atoms with Crippen molar-refractivity contribution in [3.05, 3.63) is 68.8 Å². The van der Waals surface area contributed by atoms with Gasteiger partial charge < -0.3 is 25.3 Å². The van der Waals surface area contributed by atoms with Crippen molar-refractivity contribution in [2.45, 2.75) is 25.3 Å². The van der Waals surface area contributed by atoms with Crippen LogP contribution in [0.4, 0.5) is 0 Å². The standard InChI is InChI=1S/C28H32BrClN4O2/c1-36-13-12-34-10-6-22(7-11-34)31-8-9-32-28(35)27-23-4-2-20(29)14-18(23)16-24(27)26-17-19-15-21(30)3-5-25(19)33-26/h2-5,14-15,17,22,31,33H,6-13,16H2,1H3,(H,32,35). The van der Waals surface area contributed by atoms with Crippen molar-refractivity contribution in [3.8, 4) is 0 Å². The van der Waals surface area contributed by atoms with E-state index in [0.717, 1.165) is 89.0 Å². The van der Waals surface area contributed by atoms with E-state index in [2.05, 4.69) is 48.6 Å². The number of fused-ring (bicyclic) bond motifs is 2. The van der Waals surface area contributed by atoms with Gasteiger partial charge in [-0.2, -0.15) is 0 Å². The van der Waals surface area contributed by atoms with E-state index < -0.39 is 0 Å². The number of H-pyrrole nitrogens is 1. The number of methoxy groups -OCH3 is 1. The Hall–Kier alpha value is -2.16. The summed E-state index contributed by atoms with van der Waals surface area (Å²) in [4.78, 5) is 19.4. The lowest BCUT2D eigenvalue weighted by Crippen LogP contribution is -2.45. The molecule has 0 unspecified atom stereocenters. The number of ether oxygens (including phenoxy) is 1. The Labute approximate surface area is 225 Å². The number of piperidine rings is 1. The van der Waals surface area contributed by atoms with Gasteiger partial charge in [-0.05, 0) is 79.0 Å². The smallest absolute Gasteiger partial charge is 0.252 e. The molecule has 1 fully saturated rings. The van der Waals surface area contributed by atoms with Crippen molar-refractivity contribution in [1.82, 2.24) is 20.5 Å². The fourth-order valence-corrected chi connectivity index (χ4v) is 5.86. The fourth-order valence-electron chi connectivity index (χ4n) is 5.27. The molecule has 36 heavy (non-hydrogen) atoms. The zero-order valence-corrected chi connectivity index (χ0v) is 22.8. The molecule has 2 heterocycles. The number of likely N-dealkylation sites (tertiary alicyclic amines) is 1. The Bertz CT molecular complexity index is 1280. The Balaban J connectivity index is 1.25. The van der Waals surface area contributed by atoms with Crippen LogP contribution in [0.2, 0.25) is 5.02 Å². The highest BCUT2D eigenvalue weighted by atomic mass is 79.9. The summed E-state index contributed by atoms with van der Waals surface area (Å²) >= 11 is 9.78. The number of carbonyl (C=O) groups excluding carboxylic acids is 1. The maximum Gasteiger partial charge on any atom is 0.252 e. The number of nitrogens with one attached hydrogen (secondary N) is 3. The van der Waals surface area contributed by atoms with Gasteiger partial charge in [-0.3, -0.25) is 4.79 Å². The van der Waals surface area contributed by atoms with Gasteiger partial charge in [0.05, 0.1) is 12.2 Å². The number of carbonyl (C=O) groups is 1. The number of amides is 1. The number of allylic oxidation sites excluding steroid dienone is 1. The van der Waals surface area contributed by atoms with E-state index in [0.29, 0.717) is 24.0 Å². The number of halogens is 2. The fraction of sp³-hybridized carbons (Fsp3) is 0.393. The first-order chi connectivity index (χ1) is 17.5. The van der Waals surface area contributed by atoms with E-state index >= 15 is 0 Å². The summed E-state index contributed by atoms with van der Waals surface area (Å²) in [6.07, 6.45) is 2.96. The molecule has 1 aliphatic heterocycles. The van der Waals surface area contributed by atoms with Crippen LogP contribution in [0.15, 0.2) is 46.9 Å². The third-order valence-electron chi connectivity index (χ3n) is 7.18. The molecule has 190 valence electrons. The van der Waals surface area contributed by atoms with Crippen LogP contribution in [-0.2, 0) is 16.0 Å². The zero-order valence-electron chi connectivity index (χ0n) is 20.5. The molecule has 1 saturated heterocycles. The average Bonchev–Trinajstić information content (AvgIpc) is 3.46. The van der Waals surface area contributed by atoms with E-state index in [4.69, 9.17) is 16.3 Å². The second-order valence-electron chi connectivity index (χ2n) is 9.57. The summed E-state index contributed by atoms with van der Waals surface area (Å²) in [6.45, 7) is 5.31. The minimum absolute atomic E-state index is 0.0288. The van der Waals surface area contributed by atoms with Gasteiger partial charge in [0, 0.05) is 65.3 Å². The van der Waals surface area contributed by atoms with E-state index in [1.165, 1.54) is 0 Å². The predicted molar refractivity (Wildman–Crippen MR) is 150 cm³/mol. The number of hydrogen-bond acceptors (Lipinski definition) is 4. The first kappa shape index (κ1) is 25.5. The molecular formula is C28H32BrClN4O2. The molecule has 0 radical (unpaired) electrons. The number of hydrogen-bond donors (Lipinski definition) is 3. The minimum atomic E-state index is -0.0288. The van der Waals surface area contributed by atoms with Crippen LogP contribution >= 0.6 is 27.5 Å². The van der Waals surface area contributed by atoms with Crippen LogP contribution in [0.3, 0.4) is 0 Å². The summed E-state index contributed by atoms with van der Waals surface area (Å²) < 4.78 is 6.20. The summed E-state index contributed by atoms with van der Waals surface area (Å²) in [5, 5.41) is 8.53. The largest absolute Gasteiger partial charge is 0.383 e. The molecule has 1 aromatic heterocycles. The van der Waals surface area contributed by atoms with Gasteiger partial charge in [0.1, 0.15) is 0 Å². The van der Waals surface area contributed by atoms with E-state index in [1.54, 1.807) is 7.11 Å². The molecule has 0 saturated carbocycles. The topological polar surface area (TPSA) is 69.4 Å². The van der Waals surface area contributed by atoms with Crippen molar-refractivity contribution < 1.29 is 9.53 Å². The second kappa shape index (κ2) is 11.5. The van der Waals surface area contributed by atoms with Crippen LogP contribution < -0.4 is 10.6 Å². The number of nitrogens with zero attached hydrogens (tertiary/aromatic N) is 1. The first-order valence-corrected chi connectivity index (χ1v) is 13.7. The maximum atomic E-state index is 13.5. The zero-order chi connectivity index (χ0) is 25.1. The molecule has 1 amide bonds. The predicted octanol–water partition coefficient (Wildman–Crippen LogP) is 4.87. The van der Waals surface area contributed by atoms with Crippen LogP contribution in [0.25, 0.3) is 22.0 Å². The molecule has 3 aromatic rings. The molecule has 5 rings (SSSR count). The van der Waals surface area contributed by atoms with Crippen molar-refractivity contribution in [3.63, 3.8) is 0 Å². The van der Waals surface area contributed by atoms with Gasteiger partial charge in [0.2, 0.25) is 0 Å². The van der Waals surface area contributed by atoms with Gasteiger partial charge >= 0.3 is 0 Å². The molecule has 3 N–H and O–H groups in total. The Morgan fingerprint density at radius 1 is 1.17 bits per heavy atom. The summed E-state index contributed by atoms with van der Waals surface area (Å²) in [6, 6.07) is 14.5. The maximum absolute atomic E-state index is 13.5. The lowest BCUT2D eigenvalue weighted by Gasteiger charge is -2.32. The van der Waals surface area contributed by atoms with Crippen LogP contribution in [0, 0.1) is 0 Å². The Kier molecular flexibility index (Phi) is 8.13. The molecule has 0 atom stereocenters. The normalized spacial score (nSPS) is 16.6. The quantitative estimate of drug-likeness (QED) is 0.321. The van der Waals surface area contributed by atoms with Crippen molar-refractivity contribution in [2.24, 2.45) is 0 Å². The Morgan fingerprint density at radius 3 is 2.81 bits per heavy atom. The monoisotopic (exact) mass is 570 g/mol. The van der Waals surface area contributed by atoms with E-state index in [1.807, 2.05) is 30.3 Å². The molecule has 8 heteroatoms. The molecule has 1 aliphatic carbocycles. The van der Waals surface area contributed by atoms with Crippen molar-refractivity contribution in [1.29, 1.82) is 0 Å². The highest BCUT2D eigenvalue weighted by molar-refractivity contribution is 9.10. The average molecular weight is 572 g/mol. The van der Waals surface area contributed by atoms with E-state index in [-0.39, 0.29) is 5.91 Å². The molecule has 0 bridgehead atoms. The first-order valence-electron chi connectivity index (χ1n) is 12.6. The third kappa shape index (κ3) is 5.71. The minimum Gasteiger partial charge on any atom is -0.383 e. The van der Waals surface area contributed by atoms with Gasteiger partial charge in [0.15, 0.2) is 0 Å². The molecule has 2 aliphatic rings. The van der Waals surface area contributed by atoms with Crippen LogP contribution in [0.1, 0.15) is 29.7 Å². The van der Waals surface area contributed by atoms with Crippen LogP contribution in [0.5, 0.6) is 0 Å². The molecule has 0 spiro atoms. The molecule has 2 aromatic carbocycles. The van der Waals surface area contributed by atoms with Gasteiger partial charge in [0.25, 0.3) is 5.91 Å². The summed E-state index contributed by atoms with van der Waals surface area (Å²) in [5.41, 5.74) is 5.89. The van der Waals surface area contributed by atoms with Crippen LogP contribution in [-0.4, -0.2) is 68.3 Å². The second-order valence-corrected chi connectivity index (χ2v) is 10.9. The van der Waals surface area contributed by atoms with Gasteiger partial charge in [-0.1, -0.05) is 33.6 Å². The summed E-state index contributed by atoms with van der Waals surface area (Å²) in [7, 11) is 1.75. The highest BCUT2D eigenvalue weighted by Crippen LogP contribution is 2.40. The highest BCUT2D eigenvalue weighted by Gasteiger charge is 2.28. The number of aromatic nitrogens is 1. The van der Waals surface area contributed by atoms with Crippen molar-refractivity contribution in [2.75, 3.05) is 46.4 Å². The number of rotatable bonds is 9. The lowest BCUT2D eigenvalue weighted by atomic mass is 10.0.